The van der Waals surface area contributed by atoms with Gasteiger partial charge in [0.25, 0.3) is 11.6 Å². The number of rotatable bonds is 3. The number of β-amino-alcohol motifs (C(OH)–C–C–N with tert-alkyl or cyclic N) is 1. The fourth-order valence-corrected chi connectivity index (χ4v) is 2.62. The minimum Gasteiger partial charge on any atom is -0.480 e. The Morgan fingerprint density at radius 1 is 1.43 bits per heavy atom. The molecule has 112 valence electrons. The van der Waals surface area contributed by atoms with Gasteiger partial charge in [0.1, 0.15) is 6.04 Å². The van der Waals surface area contributed by atoms with Gasteiger partial charge in [-0.3, -0.25) is 14.9 Å². The highest BCUT2D eigenvalue weighted by Gasteiger charge is 2.39. The van der Waals surface area contributed by atoms with E-state index in [9.17, 15) is 24.8 Å². The molecular weight excluding hydrogens is 348 g/mol. The van der Waals surface area contributed by atoms with E-state index in [4.69, 9.17) is 5.11 Å². The molecule has 0 bridgehead atoms. The maximum atomic E-state index is 12.3. The van der Waals surface area contributed by atoms with E-state index in [0.29, 0.717) is 0 Å². The summed E-state index contributed by atoms with van der Waals surface area (Å²) in [4.78, 5) is 34.6. The van der Waals surface area contributed by atoms with Crippen LogP contribution < -0.4 is 0 Å². The summed E-state index contributed by atoms with van der Waals surface area (Å²) in [5.41, 5.74) is -0.280. The minimum atomic E-state index is -1.22. The largest absolute Gasteiger partial charge is 0.480 e. The molecule has 0 aromatic heterocycles. The maximum Gasteiger partial charge on any atom is 0.326 e. The molecule has 1 aromatic rings. The standard InChI is InChI=1S/C12H11BrN2O6/c13-8-2-1-6(3-9(8)15(20)21)11(17)14-5-7(16)4-10(14)12(18)19/h1-3,7,10,16H,4-5H2,(H,18,19)/t7-,10-/m0/s1. The predicted molar refractivity (Wildman–Crippen MR) is 73.9 cm³/mol. The number of carboxylic acids is 1. The first kappa shape index (κ1) is 15.4. The summed E-state index contributed by atoms with van der Waals surface area (Å²) in [6.07, 6.45) is -0.972. The van der Waals surface area contributed by atoms with Gasteiger partial charge in [0.05, 0.1) is 15.5 Å². The van der Waals surface area contributed by atoms with E-state index in [1.807, 2.05) is 0 Å². The van der Waals surface area contributed by atoms with E-state index in [1.165, 1.54) is 12.1 Å². The monoisotopic (exact) mass is 358 g/mol. The van der Waals surface area contributed by atoms with Crippen molar-refractivity contribution in [3.05, 3.63) is 38.3 Å². The first-order valence-electron chi connectivity index (χ1n) is 5.97. The molecule has 0 aliphatic carbocycles. The average molecular weight is 359 g/mol. The third-order valence-corrected chi connectivity index (χ3v) is 3.89. The van der Waals surface area contributed by atoms with Crippen LogP contribution in [0.5, 0.6) is 0 Å². The zero-order valence-corrected chi connectivity index (χ0v) is 12.2. The number of nitro benzene ring substituents is 1. The number of hydrogen-bond donors (Lipinski definition) is 2. The number of likely N-dealkylation sites (tertiary alicyclic amines) is 1. The molecule has 1 saturated heterocycles. The molecule has 0 unspecified atom stereocenters. The second-order valence-electron chi connectivity index (χ2n) is 4.62. The molecule has 21 heavy (non-hydrogen) atoms. The van der Waals surface area contributed by atoms with E-state index >= 15 is 0 Å². The molecular formula is C12H11BrN2O6. The summed E-state index contributed by atoms with van der Waals surface area (Å²) in [6.45, 7) is -0.111. The van der Waals surface area contributed by atoms with Crippen LogP contribution in [0, 0.1) is 10.1 Å². The fourth-order valence-electron chi connectivity index (χ4n) is 2.22. The number of carboxylic acid groups (broad SMARTS) is 1. The van der Waals surface area contributed by atoms with Crippen LogP contribution in [0.3, 0.4) is 0 Å². The van der Waals surface area contributed by atoms with Crippen molar-refractivity contribution in [2.24, 2.45) is 0 Å². The zero-order valence-electron chi connectivity index (χ0n) is 10.6. The summed E-state index contributed by atoms with van der Waals surface area (Å²) in [5.74, 6) is -1.87. The molecule has 9 heteroatoms. The van der Waals surface area contributed by atoms with Crippen molar-refractivity contribution in [2.45, 2.75) is 18.6 Å². The number of carbonyl (C=O) groups is 2. The summed E-state index contributed by atoms with van der Waals surface area (Å²) in [5, 5.41) is 29.5. The van der Waals surface area contributed by atoms with Crippen molar-refractivity contribution in [1.82, 2.24) is 4.90 Å². The quantitative estimate of drug-likeness (QED) is 0.614. The van der Waals surface area contributed by atoms with Crippen molar-refractivity contribution in [3.63, 3.8) is 0 Å². The topological polar surface area (TPSA) is 121 Å². The highest BCUT2D eigenvalue weighted by atomic mass is 79.9. The molecule has 0 radical (unpaired) electrons. The highest BCUT2D eigenvalue weighted by molar-refractivity contribution is 9.10. The second kappa shape index (κ2) is 5.78. The van der Waals surface area contributed by atoms with E-state index in [-0.39, 0.29) is 28.7 Å². The highest BCUT2D eigenvalue weighted by Crippen LogP contribution is 2.28. The average Bonchev–Trinajstić information content (AvgIpc) is 2.80. The molecule has 0 spiro atoms. The molecule has 1 aliphatic heterocycles. The number of nitrogens with zero attached hydrogens (tertiary/aromatic N) is 2. The van der Waals surface area contributed by atoms with Crippen molar-refractivity contribution in [2.75, 3.05) is 6.54 Å². The van der Waals surface area contributed by atoms with Crippen LogP contribution in [0.1, 0.15) is 16.8 Å². The third kappa shape index (κ3) is 3.03. The number of aliphatic carboxylic acids is 1. The van der Waals surface area contributed by atoms with E-state index in [0.717, 1.165) is 11.0 Å². The summed E-state index contributed by atoms with van der Waals surface area (Å²) >= 11 is 3.01. The molecule has 2 rings (SSSR count). The van der Waals surface area contributed by atoms with Crippen molar-refractivity contribution in [1.29, 1.82) is 0 Å². The first-order chi connectivity index (χ1) is 9.81. The normalized spacial score (nSPS) is 21.3. The van der Waals surface area contributed by atoms with Gasteiger partial charge >= 0.3 is 5.97 Å². The van der Waals surface area contributed by atoms with Gasteiger partial charge in [-0.15, -0.1) is 0 Å². The Balaban J connectivity index is 2.33. The first-order valence-corrected chi connectivity index (χ1v) is 6.76. The van der Waals surface area contributed by atoms with Crippen LogP contribution in [0.15, 0.2) is 22.7 Å². The lowest BCUT2D eigenvalue weighted by atomic mass is 10.1. The maximum absolute atomic E-state index is 12.3. The number of aliphatic hydroxyl groups is 1. The molecule has 1 heterocycles. The Bertz CT molecular complexity index is 620. The zero-order chi connectivity index (χ0) is 15.7. The Morgan fingerprint density at radius 3 is 2.67 bits per heavy atom. The van der Waals surface area contributed by atoms with Crippen LogP contribution >= 0.6 is 15.9 Å². The molecule has 2 atom stereocenters. The van der Waals surface area contributed by atoms with Crippen LogP contribution in [-0.2, 0) is 4.79 Å². The van der Waals surface area contributed by atoms with Crippen LogP contribution in [-0.4, -0.2) is 50.6 Å². The smallest absolute Gasteiger partial charge is 0.326 e. The van der Waals surface area contributed by atoms with Gasteiger partial charge in [-0.25, -0.2) is 4.79 Å². The summed E-state index contributed by atoms with van der Waals surface area (Å²) < 4.78 is 0.222. The fraction of sp³-hybridized carbons (Fsp3) is 0.333. The Labute approximate surface area is 127 Å². The molecule has 8 nitrogen and oxygen atoms in total. The molecule has 2 N–H and O–H groups in total. The number of aliphatic hydroxyl groups excluding tert-OH is 1. The molecule has 1 fully saturated rings. The third-order valence-electron chi connectivity index (χ3n) is 3.21. The van der Waals surface area contributed by atoms with E-state index < -0.39 is 28.9 Å². The number of amides is 1. The number of benzene rings is 1. The second-order valence-corrected chi connectivity index (χ2v) is 5.48. The molecule has 1 amide bonds. The Morgan fingerprint density at radius 2 is 2.10 bits per heavy atom. The molecule has 1 aromatic carbocycles. The lowest BCUT2D eigenvalue weighted by molar-refractivity contribution is -0.385. The molecule has 1 aliphatic rings. The van der Waals surface area contributed by atoms with Gasteiger partial charge in [-0.1, -0.05) is 0 Å². The van der Waals surface area contributed by atoms with Crippen LogP contribution in [0.4, 0.5) is 5.69 Å². The lowest BCUT2D eigenvalue weighted by Gasteiger charge is -2.21. The van der Waals surface area contributed by atoms with Crippen molar-refractivity contribution >= 4 is 33.5 Å². The Hall–Kier alpha value is -2.00. The lowest BCUT2D eigenvalue weighted by Crippen LogP contribution is -2.40. The summed E-state index contributed by atoms with van der Waals surface area (Å²) in [7, 11) is 0. The SMILES string of the molecule is O=C(O)[C@@H]1C[C@H](O)CN1C(=O)c1ccc(Br)c([N+](=O)[O-])c1. The van der Waals surface area contributed by atoms with E-state index in [2.05, 4.69) is 15.9 Å². The van der Waals surface area contributed by atoms with Crippen LogP contribution in [0.25, 0.3) is 0 Å². The molecule has 0 saturated carbocycles. The van der Waals surface area contributed by atoms with Gasteiger partial charge in [0.2, 0.25) is 0 Å². The summed E-state index contributed by atoms with van der Waals surface area (Å²) in [6, 6.07) is 2.67. The van der Waals surface area contributed by atoms with Crippen LogP contribution in [0.2, 0.25) is 0 Å². The minimum absolute atomic E-state index is 0.00486. The van der Waals surface area contributed by atoms with E-state index in [1.54, 1.807) is 0 Å². The number of carbonyl (C=O) groups excluding carboxylic acids is 1. The number of halogens is 1. The van der Waals surface area contributed by atoms with Gasteiger partial charge in [-0.05, 0) is 28.1 Å². The van der Waals surface area contributed by atoms with Gasteiger partial charge in [0, 0.05) is 24.6 Å². The van der Waals surface area contributed by atoms with Gasteiger partial charge in [-0.2, -0.15) is 0 Å². The van der Waals surface area contributed by atoms with Crippen molar-refractivity contribution < 1.29 is 24.7 Å². The predicted octanol–water partition coefficient (Wildman–Crippen LogP) is 1.02. The number of hydrogen-bond acceptors (Lipinski definition) is 5. The van der Waals surface area contributed by atoms with Gasteiger partial charge < -0.3 is 15.1 Å². The Kier molecular flexibility index (Phi) is 4.24. The van der Waals surface area contributed by atoms with Gasteiger partial charge in [0.15, 0.2) is 0 Å². The number of nitro groups is 1. The van der Waals surface area contributed by atoms with Crippen molar-refractivity contribution in [3.8, 4) is 0 Å².